The van der Waals surface area contributed by atoms with Crippen molar-refractivity contribution in [3.05, 3.63) is 59.1 Å². The minimum Gasteiger partial charge on any atom is -0.374 e. The highest BCUT2D eigenvalue weighted by atomic mass is 35.5. The first-order chi connectivity index (χ1) is 12.7. The quantitative estimate of drug-likeness (QED) is 0.360. The van der Waals surface area contributed by atoms with Crippen LogP contribution >= 0.6 is 11.6 Å². The summed E-state index contributed by atoms with van der Waals surface area (Å²) in [6.45, 7) is 6.20. The summed E-state index contributed by atoms with van der Waals surface area (Å²) in [6.07, 6.45) is 3.82. The van der Waals surface area contributed by atoms with E-state index in [1.165, 1.54) is 0 Å². The van der Waals surface area contributed by atoms with Gasteiger partial charge in [-0.2, -0.15) is 0 Å². The Morgan fingerprint density at radius 1 is 0.923 bits per heavy atom. The Kier molecular flexibility index (Phi) is 6.53. The molecule has 0 fully saturated rings. The third kappa shape index (κ3) is 3.88. The maximum Gasteiger partial charge on any atom is 0.134 e. The van der Waals surface area contributed by atoms with Crippen LogP contribution in [0.3, 0.4) is 0 Å². The second-order valence-electron chi connectivity index (χ2n) is 6.97. The molecule has 0 saturated carbocycles. The van der Waals surface area contributed by atoms with Crippen LogP contribution in [0, 0.1) is 0 Å². The topological polar surface area (TPSA) is 23.5 Å². The molecule has 1 atom stereocenters. The summed E-state index contributed by atoms with van der Waals surface area (Å²) in [5, 5.41) is 16.3. The normalized spacial score (nSPS) is 13.0. The first kappa shape index (κ1) is 19.2. The van der Waals surface area contributed by atoms with Crippen LogP contribution in [0.2, 0.25) is 5.02 Å². The highest BCUT2D eigenvalue weighted by molar-refractivity contribution is 6.37. The molecule has 0 aliphatic rings. The fourth-order valence-electron chi connectivity index (χ4n) is 3.63. The smallest absolute Gasteiger partial charge is 0.134 e. The van der Waals surface area contributed by atoms with E-state index in [2.05, 4.69) is 30.9 Å². The molecular formula is C23H28ClNO. The Morgan fingerprint density at radius 3 is 2.27 bits per heavy atom. The number of unbranched alkanes of at least 4 members (excludes halogenated alkanes) is 2. The molecule has 1 unspecified atom stereocenters. The molecule has 0 bridgehead atoms. The van der Waals surface area contributed by atoms with E-state index in [1.807, 2.05) is 36.4 Å². The molecule has 0 aliphatic carbocycles. The van der Waals surface area contributed by atoms with Crippen LogP contribution in [-0.4, -0.2) is 23.1 Å². The second-order valence-corrected chi connectivity index (χ2v) is 7.37. The van der Waals surface area contributed by atoms with Crippen LogP contribution in [0.1, 0.15) is 51.3 Å². The van der Waals surface area contributed by atoms with Gasteiger partial charge in [-0.15, -0.1) is 0 Å². The van der Waals surface area contributed by atoms with Crippen molar-refractivity contribution in [2.45, 2.75) is 45.8 Å². The summed E-state index contributed by atoms with van der Waals surface area (Å²) < 4.78 is 0. The number of hydrogen-bond acceptors (Lipinski definition) is 2. The maximum absolute atomic E-state index is 11.3. The molecule has 3 aromatic carbocycles. The molecule has 0 spiro atoms. The third-order valence-corrected chi connectivity index (χ3v) is 5.40. The third-order valence-electron chi connectivity index (χ3n) is 5.09. The van der Waals surface area contributed by atoms with Gasteiger partial charge in [0.1, 0.15) is 6.23 Å². The van der Waals surface area contributed by atoms with Crippen molar-refractivity contribution < 1.29 is 5.11 Å². The summed E-state index contributed by atoms with van der Waals surface area (Å²) in [5.41, 5.74) is 0.952. The number of hydrogen-bond donors (Lipinski definition) is 1. The zero-order chi connectivity index (χ0) is 18.5. The van der Waals surface area contributed by atoms with Crippen LogP contribution in [0.25, 0.3) is 21.5 Å². The number of halogens is 1. The fraction of sp³-hybridized carbons (Fsp3) is 0.391. The van der Waals surface area contributed by atoms with E-state index < -0.39 is 6.23 Å². The van der Waals surface area contributed by atoms with Gasteiger partial charge in [0.15, 0.2) is 0 Å². The molecule has 3 rings (SSSR count). The summed E-state index contributed by atoms with van der Waals surface area (Å²) in [6, 6.07) is 16.4. The summed E-state index contributed by atoms with van der Waals surface area (Å²) in [5.74, 6) is 0. The lowest BCUT2D eigenvalue weighted by Crippen LogP contribution is -2.31. The van der Waals surface area contributed by atoms with Gasteiger partial charge in [0, 0.05) is 29.1 Å². The van der Waals surface area contributed by atoms with Gasteiger partial charge < -0.3 is 5.11 Å². The molecule has 0 heterocycles. The second kappa shape index (κ2) is 8.85. The van der Waals surface area contributed by atoms with Crippen LogP contribution in [0.5, 0.6) is 0 Å². The number of aliphatic hydroxyl groups is 1. The van der Waals surface area contributed by atoms with Crippen molar-refractivity contribution in [1.29, 1.82) is 0 Å². The van der Waals surface area contributed by atoms with Gasteiger partial charge in [-0.25, -0.2) is 0 Å². The molecule has 138 valence electrons. The number of benzene rings is 3. The SMILES string of the molecule is CCCCN(CCCC)C(O)c1cccc2c(Cl)cc3ccccc3c12. The standard InChI is InChI=1S/C23H28ClNO/c1-3-5-14-25(15-6-4-2)23(26)20-13-9-12-19-21(24)16-17-10-7-8-11-18(17)22(19)20/h7-13,16,23,26H,3-6,14-15H2,1-2H3. The van der Waals surface area contributed by atoms with E-state index in [9.17, 15) is 5.11 Å². The first-order valence-electron chi connectivity index (χ1n) is 9.69. The molecule has 2 nitrogen and oxygen atoms in total. The Morgan fingerprint density at radius 2 is 1.58 bits per heavy atom. The van der Waals surface area contributed by atoms with Gasteiger partial charge in [-0.05, 0) is 35.1 Å². The van der Waals surface area contributed by atoms with Gasteiger partial charge in [0.2, 0.25) is 0 Å². The van der Waals surface area contributed by atoms with Crippen molar-refractivity contribution in [1.82, 2.24) is 4.90 Å². The largest absolute Gasteiger partial charge is 0.374 e. The predicted molar refractivity (Wildman–Crippen MR) is 113 cm³/mol. The molecule has 0 amide bonds. The molecule has 0 radical (unpaired) electrons. The van der Waals surface area contributed by atoms with Crippen LogP contribution in [0.15, 0.2) is 48.5 Å². The van der Waals surface area contributed by atoms with E-state index in [-0.39, 0.29) is 0 Å². The van der Waals surface area contributed by atoms with Crippen molar-refractivity contribution in [3.8, 4) is 0 Å². The number of nitrogens with zero attached hydrogens (tertiary/aromatic N) is 1. The van der Waals surface area contributed by atoms with E-state index in [0.717, 1.165) is 70.9 Å². The lowest BCUT2D eigenvalue weighted by molar-refractivity contribution is 0.00106. The Balaban J connectivity index is 2.13. The van der Waals surface area contributed by atoms with Crippen molar-refractivity contribution in [2.24, 2.45) is 0 Å². The van der Waals surface area contributed by atoms with E-state index in [0.29, 0.717) is 0 Å². The lowest BCUT2D eigenvalue weighted by atomic mass is 9.96. The molecule has 0 saturated heterocycles. The molecule has 3 heteroatoms. The van der Waals surface area contributed by atoms with Gasteiger partial charge in [-0.1, -0.05) is 80.8 Å². The molecule has 1 N–H and O–H groups in total. The first-order valence-corrected chi connectivity index (χ1v) is 10.1. The average molecular weight is 370 g/mol. The summed E-state index contributed by atoms with van der Waals surface area (Å²) in [7, 11) is 0. The zero-order valence-corrected chi connectivity index (χ0v) is 16.5. The minimum absolute atomic E-state index is 0.612. The molecular weight excluding hydrogens is 342 g/mol. The van der Waals surface area contributed by atoms with Gasteiger partial charge in [-0.3, -0.25) is 4.90 Å². The van der Waals surface area contributed by atoms with Crippen molar-refractivity contribution in [3.63, 3.8) is 0 Å². The van der Waals surface area contributed by atoms with E-state index >= 15 is 0 Å². The van der Waals surface area contributed by atoms with Crippen molar-refractivity contribution >= 4 is 33.1 Å². The average Bonchev–Trinajstić information content (AvgIpc) is 2.67. The number of rotatable bonds is 8. The molecule has 0 aromatic heterocycles. The van der Waals surface area contributed by atoms with Crippen LogP contribution < -0.4 is 0 Å². The zero-order valence-electron chi connectivity index (χ0n) is 15.7. The summed E-state index contributed by atoms with van der Waals surface area (Å²) >= 11 is 6.56. The van der Waals surface area contributed by atoms with Crippen LogP contribution in [-0.2, 0) is 0 Å². The highest BCUT2D eigenvalue weighted by Gasteiger charge is 2.20. The van der Waals surface area contributed by atoms with Gasteiger partial charge in [0.25, 0.3) is 0 Å². The predicted octanol–water partition coefficient (Wildman–Crippen LogP) is 6.54. The molecule has 3 aromatic rings. The van der Waals surface area contributed by atoms with Gasteiger partial charge >= 0.3 is 0 Å². The molecule has 0 aliphatic heterocycles. The molecule has 26 heavy (non-hydrogen) atoms. The Labute approximate surface area is 161 Å². The van der Waals surface area contributed by atoms with E-state index in [1.54, 1.807) is 0 Å². The lowest BCUT2D eigenvalue weighted by Gasteiger charge is -2.29. The summed E-state index contributed by atoms with van der Waals surface area (Å²) in [4.78, 5) is 2.21. The fourth-order valence-corrected chi connectivity index (χ4v) is 3.90. The van der Waals surface area contributed by atoms with Crippen molar-refractivity contribution in [2.75, 3.05) is 13.1 Å². The number of aliphatic hydroxyl groups excluding tert-OH is 1. The number of fused-ring (bicyclic) bond motifs is 3. The Hall–Kier alpha value is -1.61. The maximum atomic E-state index is 11.3. The van der Waals surface area contributed by atoms with E-state index in [4.69, 9.17) is 11.6 Å². The highest BCUT2D eigenvalue weighted by Crippen LogP contribution is 2.37. The Bertz CT molecular complexity index is 869. The van der Waals surface area contributed by atoms with Gasteiger partial charge in [0.05, 0.1) is 0 Å². The monoisotopic (exact) mass is 369 g/mol. The van der Waals surface area contributed by atoms with Crippen LogP contribution in [0.4, 0.5) is 0 Å². The minimum atomic E-state index is -0.612.